The third kappa shape index (κ3) is 1.97. The summed E-state index contributed by atoms with van der Waals surface area (Å²) in [5, 5.41) is 10.4. The van der Waals surface area contributed by atoms with E-state index in [-0.39, 0.29) is 5.91 Å². The number of allylic oxidation sites excluding steroid dienone is 4. The van der Waals surface area contributed by atoms with Gasteiger partial charge in [0, 0.05) is 12.4 Å². The van der Waals surface area contributed by atoms with Crippen LogP contribution in [0.3, 0.4) is 0 Å². The lowest BCUT2D eigenvalue weighted by atomic mass is 10.0. The molecule has 1 aliphatic rings. The maximum absolute atomic E-state index is 11.7. The van der Waals surface area contributed by atoms with Gasteiger partial charge in [0.2, 0.25) is 0 Å². The number of H-pyrrole nitrogens is 1. The Morgan fingerprint density at radius 2 is 1.79 bits per heavy atom. The van der Waals surface area contributed by atoms with Gasteiger partial charge in [0.05, 0.1) is 5.52 Å². The number of fused-ring (bicyclic) bond motifs is 2. The van der Waals surface area contributed by atoms with Crippen LogP contribution in [0.5, 0.6) is 0 Å². The molecule has 2 aromatic rings. The first-order valence-corrected chi connectivity index (χ1v) is 6.05. The van der Waals surface area contributed by atoms with Crippen molar-refractivity contribution >= 4 is 29.0 Å². The molecule has 2 N–H and O–H groups in total. The molecule has 1 amide bonds. The van der Waals surface area contributed by atoms with Gasteiger partial charge in [-0.3, -0.25) is 9.89 Å². The van der Waals surface area contributed by atoms with E-state index in [1.165, 1.54) is 0 Å². The number of amides is 1. The van der Waals surface area contributed by atoms with Crippen LogP contribution in [0.2, 0.25) is 0 Å². The average Bonchev–Trinajstić information content (AvgIpc) is 2.80. The maximum atomic E-state index is 11.7. The van der Waals surface area contributed by atoms with E-state index in [4.69, 9.17) is 0 Å². The molecule has 0 saturated heterocycles. The molecule has 1 aromatic heterocycles. The largest absolute Gasteiger partial charge is 0.354 e. The van der Waals surface area contributed by atoms with E-state index < -0.39 is 0 Å². The Bertz CT molecular complexity index is 735. The molecular weight excluding hydrogens is 238 g/mol. The molecule has 1 aromatic carbocycles. The first kappa shape index (κ1) is 11.5. The number of carbonyl (C=O) groups is 1. The summed E-state index contributed by atoms with van der Waals surface area (Å²) in [6.45, 7) is 0. The minimum atomic E-state index is -0.184. The molecule has 3 rings (SSSR count). The van der Waals surface area contributed by atoms with Gasteiger partial charge in [0.15, 0.2) is 5.69 Å². The van der Waals surface area contributed by atoms with Gasteiger partial charge >= 0.3 is 0 Å². The summed E-state index contributed by atoms with van der Waals surface area (Å²) in [5.41, 5.74) is 3.45. The minimum absolute atomic E-state index is 0.184. The number of benzene rings is 1. The Hall–Kier alpha value is -2.62. The van der Waals surface area contributed by atoms with E-state index in [1.807, 2.05) is 48.6 Å². The van der Waals surface area contributed by atoms with E-state index in [2.05, 4.69) is 15.5 Å². The van der Waals surface area contributed by atoms with Gasteiger partial charge in [0.1, 0.15) is 0 Å². The number of hydrogen-bond acceptors (Lipinski definition) is 2. The predicted molar refractivity (Wildman–Crippen MR) is 76.7 cm³/mol. The summed E-state index contributed by atoms with van der Waals surface area (Å²) in [5.74, 6) is -0.184. The van der Waals surface area contributed by atoms with Gasteiger partial charge in [-0.15, -0.1) is 0 Å². The number of aromatic nitrogens is 2. The summed E-state index contributed by atoms with van der Waals surface area (Å²) in [7, 11) is 1.60. The lowest BCUT2D eigenvalue weighted by molar-refractivity contribution is 0.0959. The fraction of sp³-hybridized carbons (Fsp3) is 0.0667. The highest BCUT2D eigenvalue weighted by molar-refractivity contribution is 6.05. The van der Waals surface area contributed by atoms with Crippen LogP contribution in [-0.2, 0) is 0 Å². The van der Waals surface area contributed by atoms with Crippen LogP contribution >= 0.6 is 0 Å². The third-order valence-corrected chi connectivity index (χ3v) is 3.09. The minimum Gasteiger partial charge on any atom is -0.354 e. The summed E-state index contributed by atoms with van der Waals surface area (Å²) in [4.78, 5) is 11.7. The van der Waals surface area contributed by atoms with Crippen molar-refractivity contribution < 1.29 is 4.79 Å². The van der Waals surface area contributed by atoms with Crippen LogP contribution in [0.15, 0.2) is 36.4 Å². The molecule has 4 nitrogen and oxygen atoms in total. The molecule has 94 valence electrons. The zero-order valence-electron chi connectivity index (χ0n) is 10.5. The van der Waals surface area contributed by atoms with Crippen molar-refractivity contribution in [2.75, 3.05) is 7.05 Å². The molecule has 0 unspecified atom stereocenters. The van der Waals surface area contributed by atoms with Crippen LogP contribution < -0.4 is 5.32 Å². The standard InChI is InChI=1S/C15H13N3O/c1-16-15(19)14-12-8-10-6-4-2-3-5-7-11(10)9-13(12)17-18-14/h2-9H,1H3,(H,16,19)(H,17,18). The van der Waals surface area contributed by atoms with E-state index in [0.717, 1.165) is 22.0 Å². The number of carbonyl (C=O) groups excluding carboxylic acids is 1. The molecule has 0 fully saturated rings. The molecular formula is C15H13N3O. The van der Waals surface area contributed by atoms with Gasteiger partial charge < -0.3 is 5.32 Å². The van der Waals surface area contributed by atoms with Gasteiger partial charge in [-0.25, -0.2) is 0 Å². The van der Waals surface area contributed by atoms with Crippen molar-refractivity contribution in [3.63, 3.8) is 0 Å². The van der Waals surface area contributed by atoms with Crippen LogP contribution in [0.25, 0.3) is 23.1 Å². The van der Waals surface area contributed by atoms with E-state index in [0.29, 0.717) is 5.69 Å². The van der Waals surface area contributed by atoms with E-state index in [9.17, 15) is 4.79 Å². The van der Waals surface area contributed by atoms with Gasteiger partial charge in [-0.1, -0.05) is 36.5 Å². The highest BCUT2D eigenvalue weighted by atomic mass is 16.1. The van der Waals surface area contributed by atoms with Crippen molar-refractivity contribution in [2.24, 2.45) is 0 Å². The predicted octanol–water partition coefficient (Wildman–Crippen LogP) is 2.52. The second kappa shape index (κ2) is 4.57. The quantitative estimate of drug-likeness (QED) is 0.818. The van der Waals surface area contributed by atoms with Crippen molar-refractivity contribution in [3.8, 4) is 0 Å². The van der Waals surface area contributed by atoms with Crippen LogP contribution in [0.4, 0.5) is 0 Å². The molecule has 19 heavy (non-hydrogen) atoms. The molecule has 0 spiro atoms. The SMILES string of the molecule is CNC(=O)c1n[nH]c2cc3c(cc12)C=CC=CC=C3. The van der Waals surface area contributed by atoms with Gasteiger partial charge in [-0.2, -0.15) is 5.10 Å². The number of nitrogens with one attached hydrogen (secondary N) is 2. The van der Waals surface area contributed by atoms with Crippen LogP contribution in [0.1, 0.15) is 21.6 Å². The number of rotatable bonds is 1. The zero-order chi connectivity index (χ0) is 13.2. The summed E-state index contributed by atoms with van der Waals surface area (Å²) in [6, 6.07) is 3.99. The van der Waals surface area contributed by atoms with E-state index >= 15 is 0 Å². The molecule has 0 bridgehead atoms. The Morgan fingerprint density at radius 1 is 1.11 bits per heavy atom. The lowest BCUT2D eigenvalue weighted by Gasteiger charge is -2.04. The first-order chi connectivity index (χ1) is 9.29. The highest BCUT2D eigenvalue weighted by Gasteiger charge is 2.14. The third-order valence-electron chi connectivity index (χ3n) is 3.09. The molecule has 1 heterocycles. The number of hydrogen-bond donors (Lipinski definition) is 2. The van der Waals surface area contributed by atoms with Crippen molar-refractivity contribution in [1.82, 2.24) is 15.5 Å². The van der Waals surface area contributed by atoms with E-state index in [1.54, 1.807) is 7.05 Å². The second-order valence-corrected chi connectivity index (χ2v) is 4.28. The van der Waals surface area contributed by atoms with Crippen LogP contribution in [-0.4, -0.2) is 23.2 Å². The number of aromatic amines is 1. The Labute approximate surface area is 110 Å². The van der Waals surface area contributed by atoms with Crippen molar-refractivity contribution in [1.29, 1.82) is 0 Å². The normalized spacial score (nSPS) is 13.1. The van der Waals surface area contributed by atoms with Gasteiger partial charge in [0.25, 0.3) is 5.91 Å². The zero-order valence-corrected chi connectivity index (χ0v) is 10.5. The smallest absolute Gasteiger partial charge is 0.272 e. The van der Waals surface area contributed by atoms with Gasteiger partial charge in [-0.05, 0) is 23.3 Å². The Balaban J connectivity index is 2.23. The van der Waals surface area contributed by atoms with Crippen molar-refractivity contribution in [3.05, 3.63) is 53.3 Å². The van der Waals surface area contributed by atoms with Crippen molar-refractivity contribution in [2.45, 2.75) is 0 Å². The second-order valence-electron chi connectivity index (χ2n) is 4.28. The molecule has 1 aliphatic carbocycles. The monoisotopic (exact) mass is 251 g/mol. The highest BCUT2D eigenvalue weighted by Crippen LogP contribution is 2.24. The maximum Gasteiger partial charge on any atom is 0.272 e. The topological polar surface area (TPSA) is 57.8 Å². The fourth-order valence-electron chi connectivity index (χ4n) is 2.12. The summed E-state index contributed by atoms with van der Waals surface area (Å²) < 4.78 is 0. The molecule has 0 atom stereocenters. The molecule has 0 radical (unpaired) electrons. The lowest BCUT2D eigenvalue weighted by Crippen LogP contribution is -2.18. The number of nitrogens with zero attached hydrogens (tertiary/aromatic N) is 1. The summed E-state index contributed by atoms with van der Waals surface area (Å²) >= 11 is 0. The molecule has 0 saturated carbocycles. The Morgan fingerprint density at radius 3 is 2.47 bits per heavy atom. The fourth-order valence-corrected chi connectivity index (χ4v) is 2.12. The molecule has 4 heteroatoms. The Kier molecular flexibility index (Phi) is 2.76. The first-order valence-electron chi connectivity index (χ1n) is 6.05. The molecule has 0 aliphatic heterocycles. The summed E-state index contributed by atoms with van der Waals surface area (Å²) in [6.07, 6.45) is 12.0. The van der Waals surface area contributed by atoms with Crippen LogP contribution in [0, 0.1) is 0 Å². The average molecular weight is 251 g/mol.